The van der Waals surface area contributed by atoms with E-state index in [1.165, 1.54) is 41.2 Å². The third-order valence-electron chi connectivity index (χ3n) is 6.46. The van der Waals surface area contributed by atoms with Gasteiger partial charge < -0.3 is 14.0 Å². The van der Waals surface area contributed by atoms with E-state index in [-0.39, 0.29) is 57.2 Å². The maximum Gasteiger partial charge on any atom is 0.417 e. The minimum atomic E-state index is -4.73. The summed E-state index contributed by atoms with van der Waals surface area (Å²) in [4.78, 5) is 25.5. The number of hydrogen-bond donors (Lipinski definition) is 0. The number of ether oxygens (including phenoxy) is 2. The fourth-order valence-corrected chi connectivity index (χ4v) is 5.65. The summed E-state index contributed by atoms with van der Waals surface area (Å²) < 4.78 is 79.5. The van der Waals surface area contributed by atoms with Crippen LogP contribution < -0.4 is 10.2 Å². The molecular formula is C28H27ClF3NO6S. The second-order valence-corrected chi connectivity index (χ2v) is 11.7. The summed E-state index contributed by atoms with van der Waals surface area (Å²) >= 11 is 6.05. The van der Waals surface area contributed by atoms with Crippen molar-refractivity contribution in [2.45, 2.75) is 49.7 Å². The SMILES string of the molecule is CCOCCS(=O)(=O)c1ccc(-c2cn(CCl)cc(-c3cc(C4CC4)ccc3C(F)(F)F)c2=O)c(OC(C)=O)c1. The van der Waals surface area contributed by atoms with Crippen molar-refractivity contribution >= 4 is 27.4 Å². The molecule has 0 bridgehead atoms. The first-order chi connectivity index (χ1) is 18.9. The van der Waals surface area contributed by atoms with Crippen LogP contribution in [0.1, 0.15) is 43.7 Å². The Bertz CT molecular complexity index is 1600. The molecule has 0 aliphatic heterocycles. The van der Waals surface area contributed by atoms with E-state index in [2.05, 4.69) is 0 Å². The Kier molecular flexibility index (Phi) is 8.77. The zero-order chi connectivity index (χ0) is 29.2. The minimum Gasteiger partial charge on any atom is -0.426 e. The van der Waals surface area contributed by atoms with Crippen LogP contribution in [0, 0.1) is 0 Å². The van der Waals surface area contributed by atoms with Crippen molar-refractivity contribution in [3.05, 3.63) is 70.1 Å². The molecule has 1 fully saturated rings. The lowest BCUT2D eigenvalue weighted by atomic mass is 9.94. The van der Waals surface area contributed by atoms with Gasteiger partial charge in [-0.3, -0.25) is 9.59 Å². The fourth-order valence-electron chi connectivity index (χ4n) is 4.38. The monoisotopic (exact) mass is 597 g/mol. The van der Waals surface area contributed by atoms with Gasteiger partial charge in [0.15, 0.2) is 15.3 Å². The Morgan fingerprint density at radius 1 is 1.05 bits per heavy atom. The molecule has 2 aromatic carbocycles. The molecule has 0 radical (unpaired) electrons. The molecule has 214 valence electrons. The highest BCUT2D eigenvalue weighted by molar-refractivity contribution is 7.91. The lowest BCUT2D eigenvalue weighted by Crippen LogP contribution is -2.17. The van der Waals surface area contributed by atoms with Crippen molar-refractivity contribution in [2.75, 3.05) is 19.0 Å². The van der Waals surface area contributed by atoms with Gasteiger partial charge >= 0.3 is 12.1 Å². The molecule has 0 atom stereocenters. The van der Waals surface area contributed by atoms with Gasteiger partial charge in [0.05, 0.1) is 28.8 Å². The van der Waals surface area contributed by atoms with Crippen LogP contribution in [0.15, 0.2) is 58.5 Å². The predicted octanol–water partition coefficient (Wildman–Crippen LogP) is 6.01. The Labute approximate surface area is 234 Å². The minimum absolute atomic E-state index is 0.0246. The van der Waals surface area contributed by atoms with E-state index in [1.807, 2.05) is 0 Å². The Balaban J connectivity index is 1.92. The predicted molar refractivity (Wildman–Crippen MR) is 144 cm³/mol. The maximum atomic E-state index is 14.0. The Morgan fingerprint density at radius 2 is 1.73 bits per heavy atom. The number of pyridine rings is 1. The molecule has 1 aliphatic carbocycles. The first-order valence-electron chi connectivity index (χ1n) is 12.5. The highest BCUT2D eigenvalue weighted by atomic mass is 35.5. The molecule has 3 aromatic rings. The molecule has 0 saturated heterocycles. The van der Waals surface area contributed by atoms with Crippen LogP contribution in [0.4, 0.5) is 13.2 Å². The zero-order valence-corrected chi connectivity index (χ0v) is 23.3. The molecule has 12 heteroatoms. The summed E-state index contributed by atoms with van der Waals surface area (Å²) in [5, 5.41) is 0. The Hall–Kier alpha value is -3.15. The maximum absolute atomic E-state index is 14.0. The number of carbonyl (C=O) groups is 1. The van der Waals surface area contributed by atoms with Gasteiger partial charge in [-0.25, -0.2) is 8.42 Å². The third kappa shape index (κ3) is 6.59. The van der Waals surface area contributed by atoms with Crippen molar-refractivity contribution in [3.63, 3.8) is 0 Å². The highest BCUT2D eigenvalue weighted by Crippen LogP contribution is 2.44. The van der Waals surface area contributed by atoms with Crippen LogP contribution in [-0.4, -0.2) is 37.9 Å². The quantitative estimate of drug-likeness (QED) is 0.123. The van der Waals surface area contributed by atoms with Crippen LogP contribution in [0.5, 0.6) is 5.75 Å². The van der Waals surface area contributed by atoms with Crippen molar-refractivity contribution < 1.29 is 35.9 Å². The van der Waals surface area contributed by atoms with Crippen molar-refractivity contribution in [1.82, 2.24) is 4.57 Å². The molecule has 0 unspecified atom stereocenters. The van der Waals surface area contributed by atoms with Gasteiger partial charge in [0.2, 0.25) is 0 Å². The number of aromatic nitrogens is 1. The highest BCUT2D eigenvalue weighted by Gasteiger charge is 2.36. The number of nitrogens with zero attached hydrogens (tertiary/aromatic N) is 1. The number of carbonyl (C=O) groups excluding carboxylic acids is 1. The van der Waals surface area contributed by atoms with E-state index in [0.29, 0.717) is 12.2 Å². The molecule has 0 amide bonds. The van der Waals surface area contributed by atoms with E-state index in [4.69, 9.17) is 21.1 Å². The summed E-state index contributed by atoms with van der Waals surface area (Å²) in [5.74, 6) is -1.21. The normalized spacial score (nSPS) is 13.8. The van der Waals surface area contributed by atoms with Gasteiger partial charge in [0.1, 0.15) is 5.75 Å². The molecule has 0 spiro atoms. The molecular weight excluding hydrogens is 571 g/mol. The van der Waals surface area contributed by atoms with Gasteiger partial charge in [-0.05, 0) is 55.0 Å². The molecule has 1 heterocycles. The summed E-state index contributed by atoms with van der Waals surface area (Å²) in [6.07, 6.45) is -0.461. The van der Waals surface area contributed by atoms with Crippen LogP contribution in [-0.2, 0) is 31.5 Å². The lowest BCUT2D eigenvalue weighted by molar-refractivity contribution is -0.137. The second-order valence-electron chi connectivity index (χ2n) is 9.39. The molecule has 4 rings (SSSR count). The zero-order valence-electron chi connectivity index (χ0n) is 21.8. The smallest absolute Gasteiger partial charge is 0.417 e. The number of rotatable bonds is 10. The second kappa shape index (κ2) is 11.8. The van der Waals surface area contributed by atoms with E-state index in [0.717, 1.165) is 31.9 Å². The number of halogens is 4. The number of alkyl halides is 4. The summed E-state index contributed by atoms with van der Waals surface area (Å²) in [6.45, 7) is 3.11. The number of sulfone groups is 1. The van der Waals surface area contributed by atoms with Crippen molar-refractivity contribution in [3.8, 4) is 28.0 Å². The fraction of sp³-hybridized carbons (Fsp3) is 0.357. The first-order valence-corrected chi connectivity index (χ1v) is 14.7. The van der Waals surface area contributed by atoms with Gasteiger partial charge in [-0.1, -0.05) is 12.1 Å². The molecule has 0 N–H and O–H groups in total. The summed E-state index contributed by atoms with van der Waals surface area (Å²) in [7, 11) is -3.84. The van der Waals surface area contributed by atoms with Crippen LogP contribution in [0.2, 0.25) is 0 Å². The van der Waals surface area contributed by atoms with Crippen molar-refractivity contribution in [1.29, 1.82) is 0 Å². The van der Waals surface area contributed by atoms with Crippen molar-refractivity contribution in [2.24, 2.45) is 0 Å². The van der Waals surface area contributed by atoms with E-state index in [1.54, 1.807) is 6.92 Å². The Morgan fingerprint density at radius 3 is 2.30 bits per heavy atom. The average molecular weight is 598 g/mol. The molecule has 40 heavy (non-hydrogen) atoms. The summed E-state index contributed by atoms with van der Waals surface area (Å²) in [6, 6.07) is 7.25. The van der Waals surface area contributed by atoms with Crippen LogP contribution in [0.3, 0.4) is 0 Å². The van der Waals surface area contributed by atoms with E-state index >= 15 is 0 Å². The average Bonchev–Trinajstić information content (AvgIpc) is 3.74. The topological polar surface area (TPSA) is 91.7 Å². The largest absolute Gasteiger partial charge is 0.426 e. The van der Waals surface area contributed by atoms with Crippen LogP contribution in [0.25, 0.3) is 22.3 Å². The molecule has 1 saturated carbocycles. The summed E-state index contributed by atoms with van der Waals surface area (Å²) in [5.41, 5.74) is -1.65. The van der Waals surface area contributed by atoms with Gasteiger partial charge in [0.25, 0.3) is 0 Å². The number of hydrogen-bond acceptors (Lipinski definition) is 6. The van der Waals surface area contributed by atoms with Crippen LogP contribution >= 0.6 is 11.6 Å². The van der Waals surface area contributed by atoms with E-state index in [9.17, 15) is 31.2 Å². The first kappa shape index (κ1) is 29.8. The molecule has 7 nitrogen and oxygen atoms in total. The third-order valence-corrected chi connectivity index (χ3v) is 8.41. The lowest BCUT2D eigenvalue weighted by Gasteiger charge is -2.17. The van der Waals surface area contributed by atoms with E-state index < -0.39 is 33.0 Å². The van der Waals surface area contributed by atoms with Gasteiger partial charge in [-0.2, -0.15) is 13.2 Å². The molecule has 1 aromatic heterocycles. The number of esters is 1. The standard InChI is InChI=1S/C28H27ClF3NO6S/c1-3-38-10-11-40(36,37)20-7-8-21(26(13-20)39-17(2)34)23-14-33(16-29)15-24(27(23)35)22-12-19(18-4-5-18)6-9-25(22)28(30,31)32/h6-9,12-15,18H,3-5,10-11,16H2,1-2H3. The number of benzene rings is 2. The van der Waals surface area contributed by atoms with Gasteiger partial charge in [-0.15, -0.1) is 11.6 Å². The van der Waals surface area contributed by atoms with Gasteiger partial charge in [0, 0.05) is 48.7 Å². The molecule has 1 aliphatic rings.